The van der Waals surface area contributed by atoms with Crippen LogP contribution in [0.15, 0.2) is 29.2 Å². The van der Waals surface area contributed by atoms with Crippen LogP contribution in [0.2, 0.25) is 0 Å². The fourth-order valence-corrected chi connectivity index (χ4v) is 5.37. The summed E-state index contributed by atoms with van der Waals surface area (Å²) in [5.74, 6) is 0.133. The van der Waals surface area contributed by atoms with Crippen LogP contribution in [0, 0.1) is 11.3 Å². The van der Waals surface area contributed by atoms with Gasteiger partial charge in [0.2, 0.25) is 15.9 Å². The van der Waals surface area contributed by atoms with Gasteiger partial charge in [0.1, 0.15) is 6.07 Å². The predicted octanol–water partition coefficient (Wildman–Crippen LogP) is 1.27. The second-order valence-electron chi connectivity index (χ2n) is 7.22. The van der Waals surface area contributed by atoms with Crippen LogP contribution < -0.4 is 0 Å². The van der Waals surface area contributed by atoms with Gasteiger partial charge in [-0.05, 0) is 38.3 Å². The zero-order valence-corrected chi connectivity index (χ0v) is 16.5. The first kappa shape index (κ1) is 19.8. The van der Waals surface area contributed by atoms with Crippen molar-refractivity contribution in [2.75, 3.05) is 39.3 Å². The minimum absolute atomic E-state index is 0.0548. The van der Waals surface area contributed by atoms with Crippen molar-refractivity contribution in [2.24, 2.45) is 0 Å². The smallest absolute Gasteiger partial charge is 0.244 e. The van der Waals surface area contributed by atoms with E-state index in [1.807, 2.05) is 15.9 Å². The molecule has 146 valence electrons. The zero-order chi connectivity index (χ0) is 19.4. The lowest BCUT2D eigenvalue weighted by Gasteiger charge is -2.37. The quantitative estimate of drug-likeness (QED) is 0.773. The number of rotatable bonds is 4. The third-order valence-corrected chi connectivity index (χ3v) is 7.40. The van der Waals surface area contributed by atoms with E-state index >= 15 is 0 Å². The molecule has 0 aliphatic carbocycles. The van der Waals surface area contributed by atoms with Gasteiger partial charge in [-0.2, -0.15) is 9.57 Å². The molecule has 2 aliphatic rings. The molecule has 1 amide bonds. The number of piperazine rings is 1. The average molecular weight is 391 g/mol. The van der Waals surface area contributed by atoms with Crippen LogP contribution in [0.3, 0.4) is 0 Å². The number of hydrogen-bond acceptors (Lipinski definition) is 5. The second kappa shape index (κ2) is 8.38. The molecule has 0 saturated carbocycles. The number of amides is 1. The van der Waals surface area contributed by atoms with Crippen molar-refractivity contribution in [3.8, 4) is 6.07 Å². The van der Waals surface area contributed by atoms with E-state index in [0.29, 0.717) is 32.7 Å². The molecule has 3 rings (SSSR count). The topological polar surface area (TPSA) is 84.7 Å². The minimum Gasteiger partial charge on any atom is -0.339 e. The number of carbonyl (C=O) groups excluding carboxylic acids is 1. The summed E-state index contributed by atoms with van der Waals surface area (Å²) >= 11 is 0. The summed E-state index contributed by atoms with van der Waals surface area (Å²) in [5, 5.41) is 9.18. The van der Waals surface area contributed by atoms with Crippen LogP contribution in [-0.4, -0.2) is 73.7 Å². The minimum atomic E-state index is -3.70. The summed E-state index contributed by atoms with van der Waals surface area (Å²) in [5.41, 5.74) is 0.161. The molecule has 0 bridgehead atoms. The predicted molar refractivity (Wildman–Crippen MR) is 101 cm³/mol. The van der Waals surface area contributed by atoms with Crippen LogP contribution in [-0.2, 0) is 14.8 Å². The normalized spacial score (nSPS) is 22.4. The SMILES string of the molecule is CC1CCCCN1C(=O)CN1CCN(S(=O)(=O)c2ccccc2C#N)CC1. The Morgan fingerprint density at radius 1 is 1.15 bits per heavy atom. The van der Waals surface area contributed by atoms with Crippen molar-refractivity contribution in [3.63, 3.8) is 0 Å². The molecule has 27 heavy (non-hydrogen) atoms. The Kier molecular flexibility index (Phi) is 6.15. The van der Waals surface area contributed by atoms with Gasteiger partial charge in [-0.1, -0.05) is 12.1 Å². The molecule has 2 saturated heterocycles. The summed E-state index contributed by atoms with van der Waals surface area (Å²) in [6.07, 6.45) is 3.28. The van der Waals surface area contributed by atoms with Crippen LogP contribution in [0.1, 0.15) is 31.7 Å². The Hall–Kier alpha value is -1.95. The molecule has 2 heterocycles. The summed E-state index contributed by atoms with van der Waals surface area (Å²) in [7, 11) is -3.70. The van der Waals surface area contributed by atoms with Crippen LogP contribution in [0.5, 0.6) is 0 Å². The molecule has 1 unspecified atom stereocenters. The van der Waals surface area contributed by atoms with Gasteiger partial charge in [0.25, 0.3) is 0 Å². The highest BCUT2D eigenvalue weighted by Crippen LogP contribution is 2.21. The van der Waals surface area contributed by atoms with E-state index in [2.05, 4.69) is 6.92 Å². The number of sulfonamides is 1. The molecule has 1 aromatic carbocycles. The number of benzene rings is 1. The molecule has 0 aromatic heterocycles. The van der Waals surface area contributed by atoms with Crippen molar-refractivity contribution in [3.05, 3.63) is 29.8 Å². The maximum atomic E-state index is 12.9. The highest BCUT2D eigenvalue weighted by Gasteiger charge is 2.32. The number of nitriles is 1. The zero-order valence-electron chi connectivity index (χ0n) is 15.7. The van der Waals surface area contributed by atoms with E-state index in [4.69, 9.17) is 0 Å². The Morgan fingerprint density at radius 3 is 2.52 bits per heavy atom. The second-order valence-corrected chi connectivity index (χ2v) is 9.13. The Bertz CT molecular complexity index is 826. The molecule has 1 aromatic rings. The van der Waals surface area contributed by atoms with E-state index < -0.39 is 10.0 Å². The Balaban J connectivity index is 1.60. The number of carbonyl (C=O) groups is 1. The summed E-state index contributed by atoms with van der Waals surface area (Å²) in [6.45, 7) is 4.93. The van der Waals surface area contributed by atoms with Gasteiger partial charge in [-0.3, -0.25) is 9.69 Å². The van der Waals surface area contributed by atoms with Gasteiger partial charge in [-0.15, -0.1) is 0 Å². The van der Waals surface area contributed by atoms with E-state index in [0.717, 1.165) is 19.4 Å². The number of hydrogen-bond donors (Lipinski definition) is 0. The van der Waals surface area contributed by atoms with Crippen molar-refractivity contribution in [1.82, 2.24) is 14.1 Å². The Labute approximate surface area is 161 Å². The van der Waals surface area contributed by atoms with Crippen LogP contribution >= 0.6 is 0 Å². The first-order valence-electron chi connectivity index (χ1n) is 9.44. The fourth-order valence-electron chi connectivity index (χ4n) is 3.80. The average Bonchev–Trinajstić information content (AvgIpc) is 2.68. The Morgan fingerprint density at radius 2 is 1.85 bits per heavy atom. The standard InChI is InChI=1S/C19H26N4O3S/c1-16-6-4-5-9-23(16)19(24)15-21-10-12-22(13-11-21)27(25,26)18-8-3-2-7-17(18)14-20/h2-3,7-8,16H,4-6,9-13,15H2,1H3. The largest absolute Gasteiger partial charge is 0.339 e. The molecule has 0 radical (unpaired) electrons. The molecular formula is C19H26N4O3S. The van der Waals surface area contributed by atoms with E-state index in [1.54, 1.807) is 12.1 Å². The molecular weight excluding hydrogens is 364 g/mol. The lowest BCUT2D eigenvalue weighted by atomic mass is 10.0. The highest BCUT2D eigenvalue weighted by atomic mass is 32.2. The monoisotopic (exact) mass is 390 g/mol. The van der Waals surface area contributed by atoms with E-state index in [1.165, 1.54) is 22.9 Å². The molecule has 0 spiro atoms. The maximum absolute atomic E-state index is 12.9. The van der Waals surface area contributed by atoms with Crippen molar-refractivity contribution in [2.45, 2.75) is 37.1 Å². The number of piperidine rings is 1. The number of likely N-dealkylation sites (tertiary alicyclic amines) is 1. The van der Waals surface area contributed by atoms with Gasteiger partial charge < -0.3 is 4.90 Å². The molecule has 2 fully saturated rings. The van der Waals surface area contributed by atoms with Crippen molar-refractivity contribution < 1.29 is 13.2 Å². The van der Waals surface area contributed by atoms with E-state index in [-0.39, 0.29) is 22.4 Å². The molecule has 0 N–H and O–H groups in total. The molecule has 8 heteroatoms. The van der Waals surface area contributed by atoms with Crippen molar-refractivity contribution in [1.29, 1.82) is 5.26 Å². The fraction of sp³-hybridized carbons (Fsp3) is 0.579. The van der Waals surface area contributed by atoms with Gasteiger partial charge in [0, 0.05) is 38.8 Å². The van der Waals surface area contributed by atoms with Crippen LogP contribution in [0.4, 0.5) is 0 Å². The van der Waals surface area contributed by atoms with E-state index in [9.17, 15) is 18.5 Å². The lowest BCUT2D eigenvalue weighted by Crippen LogP contribution is -2.53. The maximum Gasteiger partial charge on any atom is 0.244 e. The third-order valence-electron chi connectivity index (χ3n) is 5.44. The summed E-state index contributed by atoms with van der Waals surface area (Å²) in [6, 6.07) is 8.51. The van der Waals surface area contributed by atoms with Gasteiger partial charge >= 0.3 is 0 Å². The molecule has 7 nitrogen and oxygen atoms in total. The van der Waals surface area contributed by atoms with Crippen LogP contribution in [0.25, 0.3) is 0 Å². The first-order chi connectivity index (χ1) is 12.9. The van der Waals surface area contributed by atoms with Gasteiger partial charge in [0.05, 0.1) is 17.0 Å². The third kappa shape index (κ3) is 4.32. The summed E-state index contributed by atoms with van der Waals surface area (Å²) in [4.78, 5) is 16.6. The lowest BCUT2D eigenvalue weighted by molar-refractivity contribution is -0.135. The van der Waals surface area contributed by atoms with Gasteiger partial charge in [-0.25, -0.2) is 8.42 Å². The molecule has 2 aliphatic heterocycles. The highest BCUT2D eigenvalue weighted by molar-refractivity contribution is 7.89. The van der Waals surface area contributed by atoms with Gasteiger partial charge in [0.15, 0.2) is 0 Å². The van der Waals surface area contributed by atoms with Crippen molar-refractivity contribution >= 4 is 15.9 Å². The first-order valence-corrected chi connectivity index (χ1v) is 10.9. The summed E-state index contributed by atoms with van der Waals surface area (Å²) < 4.78 is 27.1. The number of nitrogens with zero attached hydrogens (tertiary/aromatic N) is 4. The molecule has 1 atom stereocenters.